The summed E-state index contributed by atoms with van der Waals surface area (Å²) in [5.41, 5.74) is 0. The Morgan fingerprint density at radius 1 is 1.50 bits per heavy atom. The van der Waals surface area contributed by atoms with Crippen molar-refractivity contribution in [1.29, 1.82) is 0 Å². The van der Waals surface area contributed by atoms with Crippen molar-refractivity contribution in [3.05, 3.63) is 12.2 Å². The molecule has 0 rings (SSSR count). The number of allylic oxidation sites excluding steroid dienone is 2. The molecule has 0 aromatic rings. The molecule has 0 spiro atoms. The van der Waals surface area contributed by atoms with E-state index >= 15 is 0 Å². The molecule has 10 heavy (non-hydrogen) atoms. The van der Waals surface area contributed by atoms with Crippen LogP contribution >= 0.6 is 11.6 Å². The first kappa shape index (κ1) is 9.70. The molecule has 0 amide bonds. The molecule has 0 fully saturated rings. The topological polar surface area (TPSA) is 17.1 Å². The van der Waals surface area contributed by atoms with E-state index < -0.39 is 0 Å². The second kappa shape index (κ2) is 6.81. The molecular formula is C8H13ClO. The third-order valence-corrected chi connectivity index (χ3v) is 1.32. The van der Waals surface area contributed by atoms with Gasteiger partial charge in [0.1, 0.15) is 0 Å². The molecule has 0 aliphatic carbocycles. The summed E-state index contributed by atoms with van der Waals surface area (Å²) in [6.07, 6.45) is 7.63. The SMILES string of the molecule is CCCCC=CCC(=O)Cl. The van der Waals surface area contributed by atoms with Crippen LogP contribution in [0, 0.1) is 0 Å². The molecule has 0 heterocycles. The van der Waals surface area contributed by atoms with Crippen molar-refractivity contribution in [1.82, 2.24) is 0 Å². The highest BCUT2D eigenvalue weighted by Gasteiger charge is 1.87. The lowest BCUT2D eigenvalue weighted by atomic mass is 10.2. The largest absolute Gasteiger partial charge is 0.281 e. The van der Waals surface area contributed by atoms with Crippen LogP contribution in [0.5, 0.6) is 0 Å². The predicted octanol–water partition coefficient (Wildman–Crippen LogP) is 2.89. The maximum Gasteiger partial charge on any atom is 0.225 e. The number of rotatable bonds is 5. The van der Waals surface area contributed by atoms with Gasteiger partial charge in [-0.15, -0.1) is 0 Å². The quantitative estimate of drug-likeness (QED) is 0.343. The number of hydrogen-bond acceptors (Lipinski definition) is 1. The van der Waals surface area contributed by atoms with Crippen molar-refractivity contribution in [2.24, 2.45) is 0 Å². The molecule has 0 atom stereocenters. The van der Waals surface area contributed by atoms with Crippen molar-refractivity contribution < 1.29 is 4.79 Å². The second-order valence-electron chi connectivity index (χ2n) is 2.17. The smallest absolute Gasteiger partial charge is 0.225 e. The van der Waals surface area contributed by atoms with Crippen LogP contribution in [-0.4, -0.2) is 5.24 Å². The summed E-state index contributed by atoms with van der Waals surface area (Å²) in [4.78, 5) is 10.2. The normalized spacial score (nSPS) is 10.6. The van der Waals surface area contributed by atoms with E-state index in [2.05, 4.69) is 6.92 Å². The fraction of sp³-hybridized carbons (Fsp3) is 0.625. The van der Waals surface area contributed by atoms with Gasteiger partial charge >= 0.3 is 0 Å². The van der Waals surface area contributed by atoms with Crippen LogP contribution in [0.15, 0.2) is 12.2 Å². The summed E-state index contributed by atoms with van der Waals surface area (Å²) in [7, 11) is 0. The van der Waals surface area contributed by atoms with Gasteiger partial charge in [0.25, 0.3) is 0 Å². The molecule has 0 aromatic heterocycles. The number of halogens is 1. The van der Waals surface area contributed by atoms with Gasteiger partial charge in [0.15, 0.2) is 0 Å². The fourth-order valence-corrected chi connectivity index (χ4v) is 0.705. The van der Waals surface area contributed by atoms with Gasteiger partial charge in [0.2, 0.25) is 5.24 Å². The van der Waals surface area contributed by atoms with E-state index in [0.717, 1.165) is 6.42 Å². The first-order chi connectivity index (χ1) is 4.77. The average molecular weight is 161 g/mol. The maximum absolute atomic E-state index is 10.2. The molecular weight excluding hydrogens is 148 g/mol. The Morgan fingerprint density at radius 3 is 2.70 bits per heavy atom. The fourth-order valence-electron chi connectivity index (χ4n) is 0.616. The zero-order valence-electron chi connectivity index (χ0n) is 6.27. The second-order valence-corrected chi connectivity index (χ2v) is 2.59. The van der Waals surface area contributed by atoms with E-state index in [1.807, 2.05) is 12.2 Å². The van der Waals surface area contributed by atoms with E-state index in [4.69, 9.17) is 11.6 Å². The van der Waals surface area contributed by atoms with E-state index in [1.54, 1.807) is 0 Å². The number of carbonyl (C=O) groups is 1. The van der Waals surface area contributed by atoms with Gasteiger partial charge in [-0.2, -0.15) is 0 Å². The lowest BCUT2D eigenvalue weighted by Crippen LogP contribution is -1.79. The molecule has 0 saturated heterocycles. The minimum Gasteiger partial charge on any atom is -0.281 e. The van der Waals surface area contributed by atoms with Crippen molar-refractivity contribution >= 4 is 16.8 Å². The van der Waals surface area contributed by atoms with Crippen molar-refractivity contribution in [3.63, 3.8) is 0 Å². The van der Waals surface area contributed by atoms with Crippen LogP contribution in [0.3, 0.4) is 0 Å². The van der Waals surface area contributed by atoms with Crippen molar-refractivity contribution in [2.45, 2.75) is 32.6 Å². The van der Waals surface area contributed by atoms with Crippen LogP contribution in [0.1, 0.15) is 32.6 Å². The van der Waals surface area contributed by atoms with Crippen LogP contribution in [0.4, 0.5) is 0 Å². The highest BCUT2D eigenvalue weighted by atomic mass is 35.5. The Balaban J connectivity index is 3.12. The monoisotopic (exact) mass is 160 g/mol. The molecule has 0 unspecified atom stereocenters. The lowest BCUT2D eigenvalue weighted by molar-refractivity contribution is -0.110. The molecule has 0 saturated carbocycles. The molecule has 0 radical (unpaired) electrons. The predicted molar refractivity (Wildman–Crippen MR) is 44.1 cm³/mol. The molecule has 0 aliphatic rings. The number of unbranched alkanes of at least 4 members (excludes halogenated alkanes) is 2. The molecule has 0 bridgehead atoms. The summed E-state index contributed by atoms with van der Waals surface area (Å²) < 4.78 is 0. The maximum atomic E-state index is 10.2. The first-order valence-electron chi connectivity index (χ1n) is 3.60. The molecule has 0 N–H and O–H groups in total. The molecule has 0 aliphatic heterocycles. The summed E-state index contributed by atoms with van der Waals surface area (Å²) in [5.74, 6) is 0. The Hall–Kier alpha value is -0.300. The summed E-state index contributed by atoms with van der Waals surface area (Å²) in [6, 6.07) is 0. The van der Waals surface area contributed by atoms with Gasteiger partial charge in [-0.25, -0.2) is 0 Å². The van der Waals surface area contributed by atoms with E-state index in [1.165, 1.54) is 12.8 Å². The van der Waals surface area contributed by atoms with Crippen molar-refractivity contribution in [3.8, 4) is 0 Å². The summed E-state index contributed by atoms with van der Waals surface area (Å²) >= 11 is 5.10. The van der Waals surface area contributed by atoms with Crippen LogP contribution in [-0.2, 0) is 4.79 Å². The summed E-state index contributed by atoms with van der Waals surface area (Å²) in [5, 5.41) is -0.284. The van der Waals surface area contributed by atoms with Gasteiger partial charge in [-0.3, -0.25) is 4.79 Å². The minimum absolute atomic E-state index is 0.284. The third-order valence-electron chi connectivity index (χ3n) is 1.17. The molecule has 58 valence electrons. The first-order valence-corrected chi connectivity index (χ1v) is 3.98. The average Bonchev–Trinajstić information content (AvgIpc) is 1.87. The Bertz CT molecular complexity index is 118. The van der Waals surface area contributed by atoms with Gasteiger partial charge < -0.3 is 0 Å². The van der Waals surface area contributed by atoms with Crippen LogP contribution in [0.2, 0.25) is 0 Å². The zero-order chi connectivity index (χ0) is 7.82. The van der Waals surface area contributed by atoms with E-state index in [-0.39, 0.29) is 5.24 Å². The van der Waals surface area contributed by atoms with Crippen LogP contribution < -0.4 is 0 Å². The Morgan fingerprint density at radius 2 is 2.20 bits per heavy atom. The van der Waals surface area contributed by atoms with Gasteiger partial charge in [0.05, 0.1) is 0 Å². The Kier molecular flexibility index (Phi) is 6.61. The summed E-state index contributed by atoms with van der Waals surface area (Å²) in [6.45, 7) is 2.14. The van der Waals surface area contributed by atoms with Gasteiger partial charge in [-0.1, -0.05) is 31.9 Å². The van der Waals surface area contributed by atoms with Gasteiger partial charge in [-0.05, 0) is 18.0 Å². The Labute approximate surface area is 67.1 Å². The standard InChI is InChI=1S/C8H13ClO/c1-2-3-4-5-6-7-8(9)10/h5-6H,2-4,7H2,1H3. The molecule has 2 heteroatoms. The minimum atomic E-state index is -0.284. The highest BCUT2D eigenvalue weighted by molar-refractivity contribution is 6.63. The number of carbonyl (C=O) groups excluding carboxylic acids is 1. The van der Waals surface area contributed by atoms with E-state index in [9.17, 15) is 4.79 Å². The number of hydrogen-bond donors (Lipinski definition) is 0. The zero-order valence-corrected chi connectivity index (χ0v) is 7.03. The van der Waals surface area contributed by atoms with Crippen LogP contribution in [0.25, 0.3) is 0 Å². The van der Waals surface area contributed by atoms with E-state index in [0.29, 0.717) is 6.42 Å². The highest BCUT2D eigenvalue weighted by Crippen LogP contribution is 1.97. The lowest BCUT2D eigenvalue weighted by Gasteiger charge is -1.86. The van der Waals surface area contributed by atoms with Crippen molar-refractivity contribution in [2.75, 3.05) is 0 Å². The molecule has 0 aromatic carbocycles. The molecule has 1 nitrogen and oxygen atoms in total. The third kappa shape index (κ3) is 7.70. The van der Waals surface area contributed by atoms with Gasteiger partial charge in [0, 0.05) is 6.42 Å².